The molecule has 0 saturated heterocycles. The summed E-state index contributed by atoms with van der Waals surface area (Å²) < 4.78 is 0. The number of nitrogens with zero attached hydrogens (tertiary/aromatic N) is 1. The molecule has 1 atom stereocenters. The Morgan fingerprint density at radius 1 is 1.27 bits per heavy atom. The van der Waals surface area contributed by atoms with Gasteiger partial charge in [-0.2, -0.15) is 0 Å². The van der Waals surface area contributed by atoms with Gasteiger partial charge < -0.3 is 11.1 Å². The molecule has 4 nitrogen and oxygen atoms in total. The molecule has 1 aromatic carbocycles. The van der Waals surface area contributed by atoms with Gasteiger partial charge in [0.1, 0.15) is 0 Å². The number of aryl methyl sites for hydroxylation is 1. The highest BCUT2D eigenvalue weighted by atomic mass is 35.5. The van der Waals surface area contributed by atoms with Crippen molar-refractivity contribution < 1.29 is 4.79 Å². The Kier molecular flexibility index (Phi) is 7.02. The van der Waals surface area contributed by atoms with E-state index in [2.05, 4.69) is 41.5 Å². The summed E-state index contributed by atoms with van der Waals surface area (Å²) in [5, 5.41) is 2.99. The number of benzene rings is 1. The monoisotopic (exact) mass is 319 g/mol. The summed E-state index contributed by atoms with van der Waals surface area (Å²) in [6.45, 7) is 4.43. The van der Waals surface area contributed by atoms with Gasteiger partial charge in [-0.3, -0.25) is 9.78 Å². The SMILES string of the molecule is CCc1ccc(C(C)NC(=O)c2ccnc(CN)c2)cc1.Cl. The number of nitrogens with one attached hydrogen (secondary N) is 1. The smallest absolute Gasteiger partial charge is 0.251 e. The Labute approximate surface area is 137 Å². The van der Waals surface area contributed by atoms with E-state index in [0.717, 1.165) is 12.0 Å². The molecule has 22 heavy (non-hydrogen) atoms. The molecule has 0 bridgehead atoms. The molecule has 2 aromatic rings. The molecule has 3 N–H and O–H groups in total. The van der Waals surface area contributed by atoms with Gasteiger partial charge in [-0.1, -0.05) is 31.2 Å². The van der Waals surface area contributed by atoms with Crippen LogP contribution in [0.3, 0.4) is 0 Å². The lowest BCUT2D eigenvalue weighted by Crippen LogP contribution is -2.26. The molecule has 0 aliphatic rings. The van der Waals surface area contributed by atoms with Crippen LogP contribution in [-0.4, -0.2) is 10.9 Å². The minimum absolute atomic E-state index is 0. The Hall–Kier alpha value is -1.91. The first-order valence-electron chi connectivity index (χ1n) is 7.18. The van der Waals surface area contributed by atoms with Crippen LogP contribution in [-0.2, 0) is 13.0 Å². The molecule has 1 heterocycles. The zero-order chi connectivity index (χ0) is 15.2. The van der Waals surface area contributed by atoms with E-state index in [0.29, 0.717) is 17.8 Å². The van der Waals surface area contributed by atoms with Gasteiger partial charge >= 0.3 is 0 Å². The van der Waals surface area contributed by atoms with Gasteiger partial charge in [0.2, 0.25) is 0 Å². The van der Waals surface area contributed by atoms with E-state index >= 15 is 0 Å². The van der Waals surface area contributed by atoms with Gasteiger partial charge in [-0.05, 0) is 36.6 Å². The summed E-state index contributed by atoms with van der Waals surface area (Å²) >= 11 is 0. The maximum Gasteiger partial charge on any atom is 0.251 e. The van der Waals surface area contributed by atoms with Crippen molar-refractivity contribution in [1.29, 1.82) is 0 Å². The quantitative estimate of drug-likeness (QED) is 0.890. The second-order valence-electron chi connectivity index (χ2n) is 5.03. The van der Waals surface area contributed by atoms with E-state index in [1.54, 1.807) is 18.3 Å². The molecule has 118 valence electrons. The zero-order valence-corrected chi connectivity index (χ0v) is 13.7. The van der Waals surface area contributed by atoms with Crippen molar-refractivity contribution in [2.24, 2.45) is 5.73 Å². The zero-order valence-electron chi connectivity index (χ0n) is 12.9. The number of pyridine rings is 1. The molecule has 5 heteroatoms. The van der Waals surface area contributed by atoms with Crippen LogP contribution in [0, 0.1) is 0 Å². The molecular weight excluding hydrogens is 298 g/mol. The van der Waals surface area contributed by atoms with Gasteiger partial charge in [-0.25, -0.2) is 0 Å². The van der Waals surface area contributed by atoms with Crippen LogP contribution in [0.5, 0.6) is 0 Å². The van der Waals surface area contributed by atoms with Crippen molar-refractivity contribution >= 4 is 18.3 Å². The third-order valence-corrected chi connectivity index (χ3v) is 3.52. The van der Waals surface area contributed by atoms with Crippen LogP contribution in [0.4, 0.5) is 0 Å². The molecule has 1 aromatic heterocycles. The average Bonchev–Trinajstić information content (AvgIpc) is 2.54. The van der Waals surface area contributed by atoms with E-state index in [-0.39, 0.29) is 24.4 Å². The van der Waals surface area contributed by atoms with Gasteiger partial charge in [0.15, 0.2) is 0 Å². The number of carbonyl (C=O) groups is 1. The third kappa shape index (κ3) is 4.55. The number of hydrogen-bond donors (Lipinski definition) is 2. The number of aromatic nitrogens is 1. The van der Waals surface area contributed by atoms with Crippen molar-refractivity contribution in [2.75, 3.05) is 0 Å². The van der Waals surface area contributed by atoms with Gasteiger partial charge in [0, 0.05) is 18.3 Å². The summed E-state index contributed by atoms with van der Waals surface area (Å²) in [4.78, 5) is 16.3. The molecule has 1 unspecified atom stereocenters. The number of halogens is 1. The summed E-state index contributed by atoms with van der Waals surface area (Å²) in [5.74, 6) is -0.112. The van der Waals surface area contributed by atoms with Crippen LogP contribution < -0.4 is 11.1 Å². The van der Waals surface area contributed by atoms with Crippen LogP contribution in [0.2, 0.25) is 0 Å². The van der Waals surface area contributed by atoms with Crippen molar-refractivity contribution in [3.05, 3.63) is 65.0 Å². The normalized spacial score (nSPS) is 11.4. The lowest BCUT2D eigenvalue weighted by Gasteiger charge is -2.15. The molecule has 2 rings (SSSR count). The lowest BCUT2D eigenvalue weighted by molar-refractivity contribution is 0.0939. The lowest BCUT2D eigenvalue weighted by atomic mass is 10.0. The Morgan fingerprint density at radius 3 is 2.55 bits per heavy atom. The fraction of sp³-hybridized carbons (Fsp3) is 0.294. The molecule has 0 spiro atoms. The predicted molar refractivity (Wildman–Crippen MR) is 91.1 cm³/mol. The highest BCUT2D eigenvalue weighted by molar-refractivity contribution is 5.94. The van der Waals surface area contributed by atoms with Gasteiger partial charge in [0.05, 0.1) is 11.7 Å². The van der Waals surface area contributed by atoms with Crippen molar-refractivity contribution in [1.82, 2.24) is 10.3 Å². The summed E-state index contributed by atoms with van der Waals surface area (Å²) in [5.41, 5.74) is 9.22. The Bertz CT molecular complexity index is 614. The van der Waals surface area contributed by atoms with Crippen molar-refractivity contribution in [2.45, 2.75) is 32.9 Å². The number of nitrogens with two attached hydrogens (primary N) is 1. The molecule has 0 aliphatic heterocycles. The summed E-state index contributed by atoms with van der Waals surface area (Å²) in [6, 6.07) is 11.7. The minimum atomic E-state index is -0.112. The Morgan fingerprint density at radius 2 is 1.95 bits per heavy atom. The second-order valence-corrected chi connectivity index (χ2v) is 5.03. The van der Waals surface area contributed by atoms with Crippen molar-refractivity contribution in [3.63, 3.8) is 0 Å². The first kappa shape index (κ1) is 18.1. The van der Waals surface area contributed by atoms with E-state index in [1.165, 1.54) is 5.56 Å². The van der Waals surface area contributed by atoms with Crippen LogP contribution >= 0.6 is 12.4 Å². The summed E-state index contributed by atoms with van der Waals surface area (Å²) in [6.07, 6.45) is 2.62. The number of hydrogen-bond acceptors (Lipinski definition) is 3. The van der Waals surface area contributed by atoms with E-state index in [4.69, 9.17) is 5.73 Å². The maximum absolute atomic E-state index is 12.2. The largest absolute Gasteiger partial charge is 0.346 e. The van der Waals surface area contributed by atoms with Crippen LogP contribution in [0.25, 0.3) is 0 Å². The summed E-state index contributed by atoms with van der Waals surface area (Å²) in [7, 11) is 0. The van der Waals surface area contributed by atoms with Crippen molar-refractivity contribution in [3.8, 4) is 0 Å². The topological polar surface area (TPSA) is 68.0 Å². The fourth-order valence-corrected chi connectivity index (χ4v) is 2.14. The highest BCUT2D eigenvalue weighted by Crippen LogP contribution is 2.14. The first-order chi connectivity index (χ1) is 10.1. The molecule has 1 amide bonds. The maximum atomic E-state index is 12.2. The van der Waals surface area contributed by atoms with E-state index in [9.17, 15) is 4.79 Å². The average molecular weight is 320 g/mol. The first-order valence-corrected chi connectivity index (χ1v) is 7.18. The standard InChI is InChI=1S/C17H21N3O.ClH/c1-3-13-4-6-14(7-5-13)12(2)20-17(21)15-8-9-19-16(10-15)11-18;/h4-10,12H,3,11,18H2,1-2H3,(H,20,21);1H. The molecule has 0 aliphatic carbocycles. The number of carbonyl (C=O) groups excluding carboxylic acids is 1. The van der Waals surface area contributed by atoms with Crippen LogP contribution in [0.15, 0.2) is 42.6 Å². The number of amides is 1. The number of rotatable bonds is 5. The minimum Gasteiger partial charge on any atom is -0.346 e. The highest BCUT2D eigenvalue weighted by Gasteiger charge is 2.12. The third-order valence-electron chi connectivity index (χ3n) is 3.52. The van der Waals surface area contributed by atoms with Crippen LogP contribution in [0.1, 0.15) is 47.1 Å². The fourth-order valence-electron chi connectivity index (χ4n) is 2.14. The Balaban J connectivity index is 0.00000242. The molecule has 0 saturated carbocycles. The molecular formula is C17H22ClN3O. The van der Waals surface area contributed by atoms with E-state index < -0.39 is 0 Å². The second kappa shape index (κ2) is 8.51. The molecule has 0 fully saturated rings. The van der Waals surface area contributed by atoms with Gasteiger partial charge in [0.25, 0.3) is 5.91 Å². The van der Waals surface area contributed by atoms with Gasteiger partial charge in [-0.15, -0.1) is 12.4 Å². The predicted octanol–water partition coefficient (Wildman–Crippen LogP) is 3.02. The van der Waals surface area contributed by atoms with E-state index in [1.807, 2.05) is 6.92 Å². The molecule has 0 radical (unpaired) electrons.